The Morgan fingerprint density at radius 3 is 2.57 bits per heavy atom. The zero-order chi connectivity index (χ0) is 15.8. The molecule has 0 heterocycles. The number of hydrogen-bond acceptors (Lipinski definition) is 2. The van der Waals surface area contributed by atoms with E-state index in [0.717, 1.165) is 24.3 Å². The van der Waals surface area contributed by atoms with Crippen molar-refractivity contribution in [2.75, 3.05) is 13.7 Å². The van der Waals surface area contributed by atoms with Crippen LogP contribution in [-0.2, 0) is 6.42 Å². The van der Waals surface area contributed by atoms with Crippen molar-refractivity contribution >= 4 is 5.78 Å². The average molecular weight is 334 g/mol. The van der Waals surface area contributed by atoms with E-state index in [1.54, 1.807) is 13.2 Å². The number of Topliss-reactive ketones (excluding diaryl/α,β-unsaturated/α-hetero) is 1. The molecule has 2 N–H and O–H groups in total. The summed E-state index contributed by atoms with van der Waals surface area (Å²) in [4.78, 5) is 12.2. The first-order chi connectivity index (χ1) is 10.7. The molecule has 0 saturated heterocycles. The number of carbonyl (C=O) groups excluding carboxylic acids is 1. The van der Waals surface area contributed by atoms with Gasteiger partial charge in [0, 0.05) is 12.0 Å². The van der Waals surface area contributed by atoms with Gasteiger partial charge in [0.2, 0.25) is 0 Å². The zero-order valence-electron chi connectivity index (χ0n) is 13.7. The number of methoxy groups -OCH3 is 1. The van der Waals surface area contributed by atoms with Gasteiger partial charge >= 0.3 is 0 Å². The molecular weight excluding hydrogens is 310 g/mol. The minimum atomic E-state index is 0. The average Bonchev–Trinajstić information content (AvgIpc) is 2.55. The number of nitrogens with two attached hydrogens (primary N) is 1. The summed E-state index contributed by atoms with van der Waals surface area (Å²) in [6.45, 7) is 3.01. The van der Waals surface area contributed by atoms with Crippen LogP contribution in [0.3, 0.4) is 0 Å². The van der Waals surface area contributed by atoms with E-state index in [1.807, 2.05) is 24.3 Å². The van der Waals surface area contributed by atoms with Crippen molar-refractivity contribution in [2.45, 2.75) is 25.8 Å². The summed E-state index contributed by atoms with van der Waals surface area (Å²) in [5.41, 5.74) is 2.06. The monoisotopic (exact) mass is 333 g/mol. The van der Waals surface area contributed by atoms with Gasteiger partial charge in [-0.25, -0.2) is 0 Å². The Hall–Kier alpha value is -1.84. The number of ether oxygens (including phenoxy) is 1. The fourth-order valence-corrected chi connectivity index (χ4v) is 2.51. The number of rotatable bonds is 8. The van der Waals surface area contributed by atoms with E-state index in [9.17, 15) is 4.79 Å². The minimum absolute atomic E-state index is 0. The van der Waals surface area contributed by atoms with Crippen molar-refractivity contribution in [3.63, 3.8) is 0 Å². The molecule has 0 aliphatic carbocycles. The van der Waals surface area contributed by atoms with Gasteiger partial charge in [0.15, 0.2) is 5.78 Å². The summed E-state index contributed by atoms with van der Waals surface area (Å²) in [5, 5.41) is 2.24. The van der Waals surface area contributed by atoms with E-state index < -0.39 is 0 Å². The number of benzene rings is 2. The Kier molecular flexibility index (Phi) is 8.38. The number of halogens is 1. The Morgan fingerprint density at radius 2 is 1.87 bits per heavy atom. The summed E-state index contributed by atoms with van der Waals surface area (Å²) in [6.07, 6.45) is 1.57. The maximum atomic E-state index is 12.2. The SMILES string of the molecule is COc1cccc(C(=O)CC[NH2+]C(C)Cc2ccccc2)c1.[Cl-]. The second kappa shape index (κ2) is 10.0. The maximum Gasteiger partial charge on any atom is 0.168 e. The lowest BCUT2D eigenvalue weighted by atomic mass is 10.1. The fraction of sp³-hybridized carbons (Fsp3) is 0.316. The molecule has 2 rings (SSSR count). The van der Waals surface area contributed by atoms with Crippen LogP contribution in [0.1, 0.15) is 29.3 Å². The van der Waals surface area contributed by atoms with Gasteiger partial charge in [-0.3, -0.25) is 4.79 Å². The van der Waals surface area contributed by atoms with E-state index in [0.29, 0.717) is 12.5 Å². The summed E-state index contributed by atoms with van der Waals surface area (Å²) in [7, 11) is 1.61. The van der Waals surface area contributed by atoms with Crippen LogP contribution in [0.2, 0.25) is 0 Å². The maximum absolute atomic E-state index is 12.2. The van der Waals surface area contributed by atoms with Crippen LogP contribution in [0.25, 0.3) is 0 Å². The van der Waals surface area contributed by atoms with Gasteiger partial charge in [-0.05, 0) is 24.6 Å². The summed E-state index contributed by atoms with van der Waals surface area (Å²) in [6, 6.07) is 18.3. The molecule has 0 fully saturated rings. The summed E-state index contributed by atoms with van der Waals surface area (Å²) >= 11 is 0. The van der Waals surface area contributed by atoms with Gasteiger partial charge in [0.25, 0.3) is 0 Å². The predicted octanol–water partition coefficient (Wildman–Crippen LogP) is -0.533. The number of carbonyl (C=O) groups is 1. The summed E-state index contributed by atoms with van der Waals surface area (Å²) < 4.78 is 5.15. The molecule has 0 aromatic heterocycles. The van der Waals surface area contributed by atoms with Crippen LogP contribution in [0.4, 0.5) is 0 Å². The molecule has 124 valence electrons. The number of hydrogen-bond donors (Lipinski definition) is 1. The number of ketones is 1. The van der Waals surface area contributed by atoms with E-state index in [2.05, 4.69) is 36.5 Å². The fourth-order valence-electron chi connectivity index (χ4n) is 2.51. The van der Waals surface area contributed by atoms with Crippen LogP contribution in [0.15, 0.2) is 54.6 Å². The minimum Gasteiger partial charge on any atom is -1.00 e. The zero-order valence-corrected chi connectivity index (χ0v) is 14.4. The third-order valence-electron chi connectivity index (χ3n) is 3.73. The van der Waals surface area contributed by atoms with E-state index in [4.69, 9.17) is 4.74 Å². The highest BCUT2D eigenvalue weighted by molar-refractivity contribution is 5.96. The Labute approximate surface area is 144 Å². The van der Waals surface area contributed by atoms with Crippen molar-refractivity contribution in [1.29, 1.82) is 0 Å². The predicted molar refractivity (Wildman–Crippen MR) is 88.3 cm³/mol. The highest BCUT2D eigenvalue weighted by Crippen LogP contribution is 2.13. The molecule has 23 heavy (non-hydrogen) atoms. The third kappa shape index (κ3) is 6.43. The molecule has 0 amide bonds. The Morgan fingerprint density at radius 1 is 1.13 bits per heavy atom. The highest BCUT2D eigenvalue weighted by Gasteiger charge is 2.10. The van der Waals surface area contributed by atoms with Crippen LogP contribution in [0, 0.1) is 0 Å². The third-order valence-corrected chi connectivity index (χ3v) is 3.73. The smallest absolute Gasteiger partial charge is 0.168 e. The summed E-state index contributed by atoms with van der Waals surface area (Å²) in [5.74, 6) is 0.898. The molecule has 1 unspecified atom stereocenters. The molecule has 3 nitrogen and oxygen atoms in total. The quantitative estimate of drug-likeness (QED) is 0.660. The molecule has 0 aliphatic rings. The van der Waals surface area contributed by atoms with Crippen LogP contribution in [-0.4, -0.2) is 25.5 Å². The lowest BCUT2D eigenvalue weighted by Gasteiger charge is -2.10. The van der Waals surface area contributed by atoms with Crippen LogP contribution in [0.5, 0.6) is 5.75 Å². The molecule has 2 aromatic carbocycles. The molecule has 0 radical (unpaired) electrons. The first kappa shape index (κ1) is 19.2. The van der Waals surface area contributed by atoms with E-state index in [1.165, 1.54) is 5.56 Å². The number of quaternary nitrogens is 1. The van der Waals surface area contributed by atoms with Gasteiger partial charge in [-0.15, -0.1) is 0 Å². The van der Waals surface area contributed by atoms with Crippen molar-refractivity contribution in [1.82, 2.24) is 0 Å². The second-order valence-electron chi connectivity index (χ2n) is 5.60. The Bertz CT molecular complexity index is 601. The first-order valence-electron chi connectivity index (χ1n) is 7.73. The van der Waals surface area contributed by atoms with Gasteiger partial charge in [0.1, 0.15) is 5.75 Å². The molecule has 1 atom stereocenters. The van der Waals surface area contributed by atoms with Gasteiger partial charge in [0.05, 0.1) is 26.1 Å². The molecule has 0 saturated carbocycles. The molecule has 0 aliphatic heterocycles. The lowest BCUT2D eigenvalue weighted by Crippen LogP contribution is -3.00. The lowest BCUT2D eigenvalue weighted by molar-refractivity contribution is -0.684. The van der Waals surface area contributed by atoms with Crippen molar-refractivity contribution in [2.24, 2.45) is 0 Å². The van der Waals surface area contributed by atoms with Crippen molar-refractivity contribution in [3.8, 4) is 5.75 Å². The topological polar surface area (TPSA) is 42.9 Å². The van der Waals surface area contributed by atoms with Gasteiger partial charge in [-0.2, -0.15) is 0 Å². The molecule has 4 heteroatoms. The molecule has 0 spiro atoms. The van der Waals surface area contributed by atoms with E-state index >= 15 is 0 Å². The highest BCUT2D eigenvalue weighted by atomic mass is 35.5. The van der Waals surface area contributed by atoms with Crippen molar-refractivity contribution < 1.29 is 27.3 Å². The van der Waals surface area contributed by atoms with Gasteiger partial charge in [-0.1, -0.05) is 42.5 Å². The van der Waals surface area contributed by atoms with Crippen LogP contribution >= 0.6 is 0 Å². The molecule has 2 aromatic rings. The largest absolute Gasteiger partial charge is 1.00 e. The standard InChI is InChI=1S/C19H23NO2.ClH/c1-15(13-16-7-4-3-5-8-16)20-12-11-19(21)17-9-6-10-18(14-17)22-2;/h3-10,14-15,20H,11-13H2,1-2H3;1H. The van der Waals surface area contributed by atoms with Gasteiger partial charge < -0.3 is 22.5 Å². The Balaban J connectivity index is 0.00000264. The van der Waals surface area contributed by atoms with Crippen LogP contribution < -0.4 is 22.5 Å². The second-order valence-corrected chi connectivity index (χ2v) is 5.60. The van der Waals surface area contributed by atoms with Crippen molar-refractivity contribution in [3.05, 3.63) is 65.7 Å². The molecule has 0 bridgehead atoms. The normalized spacial score (nSPS) is 11.4. The first-order valence-corrected chi connectivity index (χ1v) is 7.73. The van der Waals surface area contributed by atoms with E-state index in [-0.39, 0.29) is 18.2 Å². The molecular formula is C19H24ClNO2.